The second-order valence-corrected chi connectivity index (χ2v) is 8.04. The number of hydrogen-bond donors (Lipinski definition) is 1. The van der Waals surface area contributed by atoms with Crippen LogP contribution in [0.2, 0.25) is 0 Å². The molecule has 0 saturated heterocycles. The van der Waals surface area contributed by atoms with Gasteiger partial charge in [-0.2, -0.15) is 8.78 Å². The predicted octanol–water partition coefficient (Wildman–Crippen LogP) is 3.48. The van der Waals surface area contributed by atoms with Crippen LogP contribution in [0, 0.1) is 0 Å². The molecule has 6 nitrogen and oxygen atoms in total. The monoisotopic (exact) mass is 437 g/mol. The van der Waals surface area contributed by atoms with Gasteiger partial charge in [-0.05, 0) is 54.6 Å². The van der Waals surface area contributed by atoms with Gasteiger partial charge in [0.25, 0.3) is 5.72 Å². The van der Waals surface area contributed by atoms with Crippen molar-refractivity contribution in [2.45, 2.75) is 18.8 Å². The van der Waals surface area contributed by atoms with Crippen LogP contribution >= 0.6 is 11.8 Å². The molecule has 0 saturated carbocycles. The van der Waals surface area contributed by atoms with E-state index in [9.17, 15) is 13.9 Å². The lowest BCUT2D eigenvalue weighted by Crippen LogP contribution is -2.41. The first-order chi connectivity index (χ1) is 14.5. The van der Waals surface area contributed by atoms with E-state index in [0.29, 0.717) is 23.6 Å². The maximum absolute atomic E-state index is 12.5. The van der Waals surface area contributed by atoms with Crippen LogP contribution in [-0.2, 0) is 5.72 Å². The van der Waals surface area contributed by atoms with Gasteiger partial charge in [0.05, 0.1) is 20.8 Å². The molecule has 9 heteroatoms. The standard InChI is InChI=1S/C21H23F2N2O4S/c1-27-16-8-9-18(28-2)17(12-16)24-13-21(26,25-10-3-11-30-20(24)25)14-4-6-15(7-5-14)29-19(22)23/h4-9,12,19,26H,3,10-11,13H2,1-2H3/q+1/t21-/m1/s1. The van der Waals surface area contributed by atoms with Gasteiger partial charge < -0.3 is 19.3 Å². The second kappa shape index (κ2) is 8.31. The van der Waals surface area contributed by atoms with Crippen molar-refractivity contribution < 1.29 is 32.7 Å². The Morgan fingerprint density at radius 3 is 2.50 bits per heavy atom. The fraction of sp³-hybridized carbons (Fsp3) is 0.381. The summed E-state index contributed by atoms with van der Waals surface area (Å²) in [5.74, 6) is 2.34. The van der Waals surface area contributed by atoms with Gasteiger partial charge in [0, 0.05) is 17.4 Å². The minimum atomic E-state index is -2.89. The number of hydrogen-bond acceptors (Lipinski definition) is 6. The molecule has 2 aromatic carbocycles. The average molecular weight is 437 g/mol. The lowest BCUT2D eigenvalue weighted by atomic mass is 10.0. The van der Waals surface area contributed by atoms with E-state index >= 15 is 0 Å². The number of aliphatic hydroxyl groups is 1. The average Bonchev–Trinajstić information content (AvgIpc) is 3.07. The van der Waals surface area contributed by atoms with Gasteiger partial charge in [-0.25, -0.2) is 9.48 Å². The molecule has 160 valence electrons. The molecule has 4 rings (SSSR count). The van der Waals surface area contributed by atoms with Crippen LogP contribution in [0.5, 0.6) is 17.2 Å². The smallest absolute Gasteiger partial charge is 0.387 e. The van der Waals surface area contributed by atoms with Gasteiger partial charge in [-0.1, -0.05) is 0 Å². The summed E-state index contributed by atoms with van der Waals surface area (Å²) in [5, 5.41) is 12.7. The molecule has 0 fully saturated rings. The maximum Gasteiger partial charge on any atom is 0.387 e. The Balaban J connectivity index is 1.75. The predicted molar refractivity (Wildman–Crippen MR) is 111 cm³/mol. The summed E-state index contributed by atoms with van der Waals surface area (Å²) in [5.41, 5.74) is 0.0773. The number of methoxy groups -OCH3 is 2. The van der Waals surface area contributed by atoms with E-state index in [1.807, 2.05) is 27.7 Å². The zero-order valence-corrected chi connectivity index (χ0v) is 17.5. The second-order valence-electron chi connectivity index (χ2n) is 6.98. The molecule has 2 aliphatic heterocycles. The number of anilines is 1. The fourth-order valence-electron chi connectivity index (χ4n) is 3.85. The summed E-state index contributed by atoms with van der Waals surface area (Å²) in [7, 11) is 3.20. The van der Waals surface area contributed by atoms with Crippen molar-refractivity contribution >= 4 is 22.6 Å². The number of β-amino-alcohol motifs (C(OH)–C–C–N with tert-alkyl or cyclic N) is 1. The van der Waals surface area contributed by atoms with E-state index in [-0.39, 0.29) is 12.3 Å². The number of ether oxygens (including phenoxy) is 3. The highest BCUT2D eigenvalue weighted by Crippen LogP contribution is 2.42. The summed E-state index contributed by atoms with van der Waals surface area (Å²) in [6, 6.07) is 11.7. The van der Waals surface area contributed by atoms with Crippen molar-refractivity contribution in [3.8, 4) is 17.2 Å². The molecule has 0 radical (unpaired) electrons. The lowest BCUT2D eigenvalue weighted by molar-refractivity contribution is -0.656. The Morgan fingerprint density at radius 1 is 1.10 bits per heavy atom. The molecule has 1 N–H and O–H groups in total. The van der Waals surface area contributed by atoms with Gasteiger partial charge in [-0.3, -0.25) is 0 Å². The molecule has 2 aromatic rings. The summed E-state index contributed by atoms with van der Waals surface area (Å²) in [4.78, 5) is 2.02. The Bertz CT molecular complexity index is 955. The number of rotatable bonds is 6. The minimum absolute atomic E-state index is 0.0545. The third kappa shape index (κ3) is 3.67. The van der Waals surface area contributed by atoms with Crippen molar-refractivity contribution in [2.75, 3.05) is 38.0 Å². The maximum atomic E-state index is 12.5. The Labute approximate surface area is 177 Å². The lowest BCUT2D eigenvalue weighted by Gasteiger charge is -2.24. The van der Waals surface area contributed by atoms with Gasteiger partial charge >= 0.3 is 11.8 Å². The van der Waals surface area contributed by atoms with E-state index in [0.717, 1.165) is 23.0 Å². The first-order valence-electron chi connectivity index (χ1n) is 9.51. The molecule has 30 heavy (non-hydrogen) atoms. The van der Waals surface area contributed by atoms with Crippen LogP contribution in [0.3, 0.4) is 0 Å². The van der Waals surface area contributed by atoms with Crippen LogP contribution < -0.4 is 19.1 Å². The molecule has 1 atom stereocenters. The molecule has 2 heterocycles. The first kappa shape index (κ1) is 20.7. The van der Waals surface area contributed by atoms with Gasteiger partial charge in [0.2, 0.25) is 0 Å². The normalized spacial score (nSPS) is 21.1. The Hall–Kier alpha value is -2.52. The molecule has 0 aliphatic carbocycles. The van der Waals surface area contributed by atoms with Crippen LogP contribution in [0.1, 0.15) is 12.0 Å². The Morgan fingerprint density at radius 2 is 1.83 bits per heavy atom. The number of thioether (sulfide) groups is 1. The summed E-state index contributed by atoms with van der Waals surface area (Å²) in [6.07, 6.45) is 0.923. The fourth-order valence-corrected chi connectivity index (χ4v) is 5.02. The van der Waals surface area contributed by atoms with Crippen molar-refractivity contribution in [1.29, 1.82) is 0 Å². The number of nitrogens with zero attached hydrogens (tertiary/aromatic N) is 2. The van der Waals surface area contributed by atoms with Crippen LogP contribution in [0.25, 0.3) is 0 Å². The van der Waals surface area contributed by atoms with Crippen molar-refractivity contribution in [1.82, 2.24) is 0 Å². The SMILES string of the molecule is COc1ccc(OC)c(N2C[C@@](O)(c3ccc(OC(F)F)cc3)[N+]3=C2SCCC3)c1. The van der Waals surface area contributed by atoms with Gasteiger partial charge in [-0.15, -0.1) is 0 Å². The molecule has 2 aliphatic rings. The van der Waals surface area contributed by atoms with Gasteiger partial charge in [0.1, 0.15) is 11.5 Å². The van der Waals surface area contributed by atoms with E-state index in [4.69, 9.17) is 9.47 Å². The highest BCUT2D eigenvalue weighted by Gasteiger charge is 2.53. The molecule has 0 spiro atoms. The quantitative estimate of drug-likeness (QED) is 0.699. The summed E-state index contributed by atoms with van der Waals surface area (Å²) >= 11 is 1.67. The zero-order chi connectivity index (χ0) is 21.3. The number of halogens is 2. The number of benzene rings is 2. The van der Waals surface area contributed by atoms with E-state index in [1.165, 1.54) is 12.1 Å². The zero-order valence-electron chi connectivity index (χ0n) is 16.7. The van der Waals surface area contributed by atoms with Crippen molar-refractivity contribution in [3.05, 3.63) is 48.0 Å². The third-order valence-corrected chi connectivity index (χ3v) is 6.45. The van der Waals surface area contributed by atoms with Gasteiger partial charge in [0.15, 0.2) is 18.0 Å². The highest BCUT2D eigenvalue weighted by atomic mass is 32.2. The molecule has 0 aromatic heterocycles. The molecular weight excluding hydrogens is 414 g/mol. The number of alkyl halides is 2. The third-order valence-electron chi connectivity index (χ3n) is 5.26. The Kier molecular flexibility index (Phi) is 5.75. The van der Waals surface area contributed by atoms with Crippen molar-refractivity contribution in [3.63, 3.8) is 0 Å². The largest absolute Gasteiger partial charge is 0.497 e. The summed E-state index contributed by atoms with van der Waals surface area (Å²) in [6.45, 7) is -1.95. The molecular formula is C21H23F2N2O4S+. The number of amidine groups is 1. The topological polar surface area (TPSA) is 54.2 Å². The van der Waals surface area contributed by atoms with E-state index in [1.54, 1.807) is 38.1 Å². The van der Waals surface area contributed by atoms with Crippen LogP contribution in [0.15, 0.2) is 42.5 Å². The molecule has 0 unspecified atom stereocenters. The van der Waals surface area contributed by atoms with Crippen LogP contribution in [-0.4, -0.2) is 54.5 Å². The molecule has 0 bridgehead atoms. The van der Waals surface area contributed by atoms with Crippen LogP contribution in [0.4, 0.5) is 14.5 Å². The highest BCUT2D eigenvalue weighted by molar-refractivity contribution is 8.13. The summed E-state index contributed by atoms with van der Waals surface area (Å²) < 4.78 is 42.3. The first-order valence-corrected chi connectivity index (χ1v) is 10.5. The van der Waals surface area contributed by atoms with E-state index in [2.05, 4.69) is 4.74 Å². The van der Waals surface area contributed by atoms with E-state index < -0.39 is 12.3 Å². The minimum Gasteiger partial charge on any atom is -0.497 e. The van der Waals surface area contributed by atoms with Crippen molar-refractivity contribution in [2.24, 2.45) is 0 Å². The molecule has 0 amide bonds.